The maximum absolute atomic E-state index is 12.0. The standard InChI is InChI=1S/C15H11N3O3/c19-15-13(16-11-6-2-3-7-12(11)17-15)9-10-5-1-4-8-14(10)18(20)21/h1-8H,9H2,(H,17,19). The number of nitro benzene ring substituents is 1. The molecule has 3 rings (SSSR count). The summed E-state index contributed by atoms with van der Waals surface area (Å²) in [4.78, 5) is 29.6. The topological polar surface area (TPSA) is 88.9 Å². The van der Waals surface area contributed by atoms with Crippen LogP contribution in [-0.2, 0) is 6.42 Å². The second kappa shape index (κ2) is 5.16. The van der Waals surface area contributed by atoms with E-state index in [0.29, 0.717) is 16.6 Å². The molecule has 0 aliphatic heterocycles. The van der Waals surface area contributed by atoms with E-state index in [0.717, 1.165) is 0 Å². The number of nitrogens with zero attached hydrogens (tertiary/aromatic N) is 2. The van der Waals surface area contributed by atoms with Gasteiger partial charge in [0.2, 0.25) is 0 Å². The van der Waals surface area contributed by atoms with Crippen molar-refractivity contribution in [1.82, 2.24) is 9.97 Å². The van der Waals surface area contributed by atoms with Crippen molar-refractivity contribution in [1.29, 1.82) is 0 Å². The van der Waals surface area contributed by atoms with Crippen LogP contribution in [0, 0.1) is 10.1 Å². The molecular weight excluding hydrogens is 270 g/mol. The van der Waals surface area contributed by atoms with Gasteiger partial charge in [0.1, 0.15) is 5.69 Å². The number of hydrogen-bond donors (Lipinski definition) is 1. The molecule has 1 heterocycles. The quantitative estimate of drug-likeness (QED) is 0.589. The van der Waals surface area contributed by atoms with Crippen molar-refractivity contribution in [3.8, 4) is 0 Å². The van der Waals surface area contributed by atoms with E-state index in [1.807, 2.05) is 12.1 Å². The summed E-state index contributed by atoms with van der Waals surface area (Å²) >= 11 is 0. The number of hydrogen-bond acceptors (Lipinski definition) is 4. The molecule has 0 saturated heterocycles. The number of para-hydroxylation sites is 3. The molecule has 104 valence electrons. The molecule has 6 nitrogen and oxygen atoms in total. The Kier molecular flexibility index (Phi) is 3.19. The van der Waals surface area contributed by atoms with Gasteiger partial charge in [0.25, 0.3) is 11.2 Å². The van der Waals surface area contributed by atoms with Crippen molar-refractivity contribution in [2.24, 2.45) is 0 Å². The molecule has 1 aromatic heterocycles. The Hall–Kier alpha value is -3.02. The molecule has 0 unspecified atom stereocenters. The molecule has 0 saturated carbocycles. The number of nitro groups is 1. The zero-order valence-corrected chi connectivity index (χ0v) is 10.9. The molecule has 1 N–H and O–H groups in total. The molecule has 21 heavy (non-hydrogen) atoms. The van der Waals surface area contributed by atoms with Crippen LogP contribution in [0.2, 0.25) is 0 Å². The monoisotopic (exact) mass is 281 g/mol. The third-order valence-electron chi connectivity index (χ3n) is 3.22. The zero-order chi connectivity index (χ0) is 14.8. The Bertz CT molecular complexity index is 886. The number of nitrogens with one attached hydrogen (secondary N) is 1. The average molecular weight is 281 g/mol. The highest BCUT2D eigenvalue weighted by molar-refractivity contribution is 5.73. The fraction of sp³-hybridized carbons (Fsp3) is 0.0667. The van der Waals surface area contributed by atoms with Crippen LogP contribution in [0.1, 0.15) is 11.3 Å². The largest absolute Gasteiger partial charge is 0.319 e. The van der Waals surface area contributed by atoms with Gasteiger partial charge in [-0.1, -0.05) is 30.3 Å². The molecule has 0 aliphatic carbocycles. The fourth-order valence-corrected chi connectivity index (χ4v) is 2.21. The van der Waals surface area contributed by atoms with E-state index < -0.39 is 4.92 Å². The SMILES string of the molecule is O=c1[nH]c2ccccc2nc1Cc1ccccc1[N+](=O)[O-]. The normalized spacial score (nSPS) is 10.7. The van der Waals surface area contributed by atoms with E-state index in [9.17, 15) is 14.9 Å². The lowest BCUT2D eigenvalue weighted by Crippen LogP contribution is -2.16. The van der Waals surface area contributed by atoms with Gasteiger partial charge in [-0.2, -0.15) is 0 Å². The van der Waals surface area contributed by atoms with Gasteiger partial charge in [-0.25, -0.2) is 4.98 Å². The Morgan fingerprint density at radius 1 is 1.10 bits per heavy atom. The summed E-state index contributed by atoms with van der Waals surface area (Å²) in [6, 6.07) is 13.5. The van der Waals surface area contributed by atoms with Crippen LogP contribution in [0.15, 0.2) is 53.3 Å². The number of aromatic amines is 1. The van der Waals surface area contributed by atoms with Crippen molar-refractivity contribution in [3.05, 3.63) is 80.3 Å². The molecule has 3 aromatic rings. The minimum Gasteiger partial charge on any atom is -0.319 e. The van der Waals surface area contributed by atoms with Gasteiger partial charge in [0.05, 0.1) is 16.0 Å². The second-order valence-corrected chi connectivity index (χ2v) is 4.59. The molecule has 0 bridgehead atoms. The van der Waals surface area contributed by atoms with Gasteiger partial charge in [0.15, 0.2) is 0 Å². The number of rotatable bonds is 3. The van der Waals surface area contributed by atoms with Crippen LogP contribution in [0.5, 0.6) is 0 Å². The lowest BCUT2D eigenvalue weighted by molar-refractivity contribution is -0.385. The predicted octanol–water partition coefficient (Wildman–Crippen LogP) is 2.42. The Morgan fingerprint density at radius 2 is 1.81 bits per heavy atom. The smallest absolute Gasteiger partial charge is 0.272 e. The summed E-state index contributed by atoms with van der Waals surface area (Å²) in [5, 5.41) is 11.0. The number of benzene rings is 2. The maximum atomic E-state index is 12.0. The first kappa shape index (κ1) is 13.0. The fourth-order valence-electron chi connectivity index (χ4n) is 2.21. The van der Waals surface area contributed by atoms with Gasteiger partial charge in [-0.15, -0.1) is 0 Å². The minimum absolute atomic E-state index is 0.00754. The molecule has 0 amide bonds. The summed E-state index contributed by atoms with van der Waals surface area (Å²) in [6.45, 7) is 0. The predicted molar refractivity (Wildman–Crippen MR) is 78.3 cm³/mol. The lowest BCUT2D eigenvalue weighted by atomic mass is 10.1. The Labute approximate surface area is 119 Å². The molecule has 0 atom stereocenters. The van der Waals surface area contributed by atoms with Gasteiger partial charge in [0, 0.05) is 18.1 Å². The minimum atomic E-state index is -0.454. The highest BCUT2D eigenvalue weighted by atomic mass is 16.6. The first-order valence-electron chi connectivity index (χ1n) is 6.35. The summed E-state index contributed by atoms with van der Waals surface area (Å²) < 4.78 is 0. The summed E-state index contributed by atoms with van der Waals surface area (Å²) in [5.41, 5.74) is 1.71. The second-order valence-electron chi connectivity index (χ2n) is 4.59. The van der Waals surface area contributed by atoms with E-state index in [4.69, 9.17) is 0 Å². The van der Waals surface area contributed by atoms with Crippen molar-refractivity contribution in [2.75, 3.05) is 0 Å². The van der Waals surface area contributed by atoms with Crippen LogP contribution in [0.3, 0.4) is 0 Å². The molecule has 0 radical (unpaired) electrons. The van der Waals surface area contributed by atoms with E-state index >= 15 is 0 Å². The molecule has 2 aromatic carbocycles. The van der Waals surface area contributed by atoms with E-state index in [1.165, 1.54) is 6.07 Å². The van der Waals surface area contributed by atoms with Crippen molar-refractivity contribution < 1.29 is 4.92 Å². The van der Waals surface area contributed by atoms with Crippen LogP contribution >= 0.6 is 0 Å². The number of fused-ring (bicyclic) bond motifs is 1. The van der Waals surface area contributed by atoms with Gasteiger partial charge in [-0.3, -0.25) is 14.9 Å². The van der Waals surface area contributed by atoms with Crippen LogP contribution in [-0.4, -0.2) is 14.9 Å². The third kappa shape index (κ3) is 2.51. The Balaban J connectivity index is 2.08. The van der Waals surface area contributed by atoms with Gasteiger partial charge < -0.3 is 4.98 Å². The first-order chi connectivity index (χ1) is 10.1. The first-order valence-corrected chi connectivity index (χ1v) is 6.35. The van der Waals surface area contributed by atoms with Crippen molar-refractivity contribution in [3.63, 3.8) is 0 Å². The van der Waals surface area contributed by atoms with E-state index in [2.05, 4.69) is 9.97 Å². The van der Waals surface area contributed by atoms with Gasteiger partial charge >= 0.3 is 0 Å². The number of aromatic nitrogens is 2. The summed E-state index contributed by atoms with van der Waals surface area (Å²) in [7, 11) is 0. The van der Waals surface area contributed by atoms with E-state index in [-0.39, 0.29) is 23.4 Å². The molecule has 6 heteroatoms. The number of H-pyrrole nitrogens is 1. The van der Waals surface area contributed by atoms with Crippen molar-refractivity contribution >= 4 is 16.7 Å². The zero-order valence-electron chi connectivity index (χ0n) is 10.9. The molecule has 0 fully saturated rings. The lowest BCUT2D eigenvalue weighted by Gasteiger charge is -2.03. The van der Waals surface area contributed by atoms with Crippen LogP contribution in [0.25, 0.3) is 11.0 Å². The summed E-state index contributed by atoms with van der Waals surface area (Å²) in [6.07, 6.45) is 0.122. The third-order valence-corrected chi connectivity index (χ3v) is 3.22. The van der Waals surface area contributed by atoms with Gasteiger partial charge in [-0.05, 0) is 12.1 Å². The van der Waals surface area contributed by atoms with Crippen LogP contribution in [0.4, 0.5) is 5.69 Å². The Morgan fingerprint density at radius 3 is 2.62 bits per heavy atom. The van der Waals surface area contributed by atoms with E-state index in [1.54, 1.807) is 30.3 Å². The molecular formula is C15H11N3O3. The molecule has 0 aliphatic rings. The summed E-state index contributed by atoms with van der Waals surface area (Å²) in [5.74, 6) is 0. The average Bonchev–Trinajstić information content (AvgIpc) is 2.48. The molecule has 0 spiro atoms. The maximum Gasteiger partial charge on any atom is 0.272 e. The van der Waals surface area contributed by atoms with Crippen molar-refractivity contribution in [2.45, 2.75) is 6.42 Å². The highest BCUT2D eigenvalue weighted by Crippen LogP contribution is 2.19. The highest BCUT2D eigenvalue weighted by Gasteiger charge is 2.15. The van der Waals surface area contributed by atoms with Crippen LogP contribution < -0.4 is 5.56 Å².